The second kappa shape index (κ2) is 4.29. The summed E-state index contributed by atoms with van der Waals surface area (Å²) >= 11 is 0. The van der Waals surface area contributed by atoms with Crippen LogP contribution in [0.1, 0.15) is 5.56 Å². The largest absolute Gasteiger partial charge is 0.454 e. The summed E-state index contributed by atoms with van der Waals surface area (Å²) in [6.45, 7) is 0.556. The number of nitrogens with zero attached hydrogens (tertiary/aromatic N) is 1. The molecule has 0 spiro atoms. The van der Waals surface area contributed by atoms with Gasteiger partial charge in [0.05, 0.1) is 0 Å². The van der Waals surface area contributed by atoms with Gasteiger partial charge in [-0.1, -0.05) is 6.07 Å². The van der Waals surface area contributed by atoms with Gasteiger partial charge in [-0.05, 0) is 23.8 Å². The fourth-order valence-electron chi connectivity index (χ4n) is 1.97. The second-order valence-corrected chi connectivity index (χ2v) is 4.14. The third kappa shape index (κ3) is 2.00. The summed E-state index contributed by atoms with van der Waals surface area (Å²) in [6.07, 6.45) is 1.74. The Morgan fingerprint density at radius 2 is 2.21 bits per heavy atom. The average Bonchev–Trinajstić information content (AvgIpc) is 2.96. The number of ether oxygens (including phenoxy) is 2. The van der Waals surface area contributed by atoms with Crippen molar-refractivity contribution in [2.45, 2.75) is 0 Å². The number of nitrogens with two attached hydrogens (primary N) is 1. The van der Waals surface area contributed by atoms with E-state index in [1.807, 2.05) is 6.07 Å². The smallest absolute Gasteiger partial charge is 0.272 e. The van der Waals surface area contributed by atoms with Gasteiger partial charge in [-0.3, -0.25) is 10.2 Å². The lowest BCUT2D eigenvalue weighted by Gasteiger charge is -2.10. The van der Waals surface area contributed by atoms with Crippen molar-refractivity contribution in [2.75, 3.05) is 13.3 Å². The Kier molecular flexibility index (Phi) is 2.60. The summed E-state index contributed by atoms with van der Waals surface area (Å²) in [7, 11) is 0. The molecule has 1 amide bonds. The van der Waals surface area contributed by atoms with Crippen LogP contribution in [0.25, 0.3) is 6.08 Å². The van der Waals surface area contributed by atoms with E-state index in [0.717, 1.165) is 10.6 Å². The van der Waals surface area contributed by atoms with Gasteiger partial charge in [0.1, 0.15) is 0 Å². The highest BCUT2D eigenvalue weighted by Crippen LogP contribution is 2.33. The molecule has 0 aliphatic carbocycles. The van der Waals surface area contributed by atoms with E-state index in [1.54, 1.807) is 18.2 Å². The Morgan fingerprint density at radius 1 is 1.42 bits per heavy atom. The maximum absolute atomic E-state index is 11.9. The van der Waals surface area contributed by atoms with Crippen LogP contribution >= 0.6 is 0 Å². The number of carbonyl (C=O) groups is 1. The van der Waals surface area contributed by atoms with Crippen molar-refractivity contribution in [3.8, 4) is 11.5 Å². The number of hydrogen-bond acceptors (Lipinski definition) is 5. The van der Waals surface area contributed by atoms with Crippen LogP contribution in [-0.4, -0.2) is 30.2 Å². The lowest BCUT2D eigenvalue weighted by molar-refractivity contribution is -0.122. The lowest BCUT2D eigenvalue weighted by Crippen LogP contribution is -2.44. The van der Waals surface area contributed by atoms with Crippen molar-refractivity contribution in [1.29, 1.82) is 5.41 Å². The average molecular weight is 260 g/mol. The summed E-state index contributed by atoms with van der Waals surface area (Å²) in [4.78, 5) is 11.9. The molecule has 7 nitrogen and oxygen atoms in total. The summed E-state index contributed by atoms with van der Waals surface area (Å²) < 4.78 is 10.5. The van der Waals surface area contributed by atoms with E-state index < -0.39 is 0 Å². The number of hydrazine groups is 1. The van der Waals surface area contributed by atoms with Gasteiger partial charge < -0.3 is 15.2 Å². The Morgan fingerprint density at radius 3 is 2.95 bits per heavy atom. The fourth-order valence-corrected chi connectivity index (χ4v) is 1.97. The van der Waals surface area contributed by atoms with E-state index >= 15 is 0 Å². The van der Waals surface area contributed by atoms with Gasteiger partial charge in [0.15, 0.2) is 11.5 Å². The Balaban J connectivity index is 1.86. The Hall–Kier alpha value is -2.54. The molecule has 0 bridgehead atoms. The number of fused-ring (bicyclic) bond motifs is 1. The van der Waals surface area contributed by atoms with Crippen molar-refractivity contribution in [2.24, 2.45) is 5.73 Å². The minimum absolute atomic E-state index is 0.216. The zero-order chi connectivity index (χ0) is 13.4. The van der Waals surface area contributed by atoms with E-state index in [9.17, 15) is 4.79 Å². The molecule has 2 heterocycles. The molecule has 0 aromatic heterocycles. The molecule has 0 unspecified atom stereocenters. The molecule has 3 rings (SSSR count). The number of guanidine groups is 1. The molecular weight excluding hydrogens is 248 g/mol. The minimum Gasteiger partial charge on any atom is -0.454 e. The molecule has 7 heteroatoms. The van der Waals surface area contributed by atoms with Gasteiger partial charge in [0, 0.05) is 12.1 Å². The molecule has 1 aromatic rings. The summed E-state index contributed by atoms with van der Waals surface area (Å²) in [5.41, 5.74) is 9.39. The number of rotatable bonds is 1. The zero-order valence-electron chi connectivity index (χ0n) is 9.97. The number of nitrogens with one attached hydrogen (secondary N) is 2. The zero-order valence-corrected chi connectivity index (χ0v) is 9.97. The van der Waals surface area contributed by atoms with Gasteiger partial charge >= 0.3 is 0 Å². The van der Waals surface area contributed by atoms with E-state index in [2.05, 4.69) is 5.43 Å². The van der Waals surface area contributed by atoms with Crippen LogP contribution in [0.2, 0.25) is 0 Å². The van der Waals surface area contributed by atoms with Gasteiger partial charge in [-0.15, -0.1) is 0 Å². The molecule has 0 radical (unpaired) electrons. The Labute approximate surface area is 109 Å². The van der Waals surface area contributed by atoms with Gasteiger partial charge in [-0.25, -0.2) is 10.4 Å². The van der Waals surface area contributed by atoms with Crippen LogP contribution in [0, 0.1) is 5.41 Å². The molecule has 98 valence electrons. The van der Waals surface area contributed by atoms with Gasteiger partial charge in [0.25, 0.3) is 5.91 Å². The monoisotopic (exact) mass is 260 g/mol. The standard InChI is InChI=1S/C12H12N4O3/c13-12(14)16-11(17)8(5-15-16)3-7-1-2-9-10(4-7)19-6-18-9/h1-4,15H,5-6H2,(H3,13,14)/b8-3+. The van der Waals surface area contributed by atoms with E-state index in [4.69, 9.17) is 20.6 Å². The molecule has 0 saturated carbocycles. The number of amides is 1. The molecule has 0 atom stereocenters. The SMILES string of the molecule is N=C(N)N1NC/C(=C\c2ccc3c(c2)OCO3)C1=O. The van der Waals surface area contributed by atoms with Crippen LogP contribution in [-0.2, 0) is 4.79 Å². The maximum atomic E-state index is 11.9. The molecule has 1 aromatic carbocycles. The highest BCUT2D eigenvalue weighted by Gasteiger charge is 2.27. The van der Waals surface area contributed by atoms with Gasteiger partial charge in [0.2, 0.25) is 12.8 Å². The van der Waals surface area contributed by atoms with Crippen LogP contribution in [0.3, 0.4) is 0 Å². The van der Waals surface area contributed by atoms with Gasteiger partial charge in [-0.2, -0.15) is 0 Å². The van der Waals surface area contributed by atoms with Crippen molar-refractivity contribution < 1.29 is 14.3 Å². The molecular formula is C12H12N4O3. The molecule has 2 aliphatic rings. The predicted octanol–water partition coefficient (Wildman–Crippen LogP) is 0.0390. The topological polar surface area (TPSA) is 101 Å². The van der Waals surface area contributed by atoms with Crippen molar-refractivity contribution in [3.05, 3.63) is 29.3 Å². The summed E-state index contributed by atoms with van der Waals surface area (Å²) in [5.74, 6) is 0.726. The minimum atomic E-state index is -0.320. The molecule has 4 N–H and O–H groups in total. The highest BCUT2D eigenvalue weighted by molar-refractivity contribution is 6.08. The molecule has 2 aliphatic heterocycles. The third-order valence-corrected chi connectivity index (χ3v) is 2.88. The third-order valence-electron chi connectivity index (χ3n) is 2.88. The number of benzene rings is 1. The first-order valence-corrected chi connectivity index (χ1v) is 5.67. The first-order valence-electron chi connectivity index (χ1n) is 5.67. The van der Waals surface area contributed by atoms with Crippen molar-refractivity contribution in [1.82, 2.24) is 10.4 Å². The quantitative estimate of drug-likeness (QED) is 0.376. The fraction of sp³-hybridized carbons (Fsp3) is 0.167. The Bertz CT molecular complexity index is 597. The first kappa shape index (κ1) is 11.5. The van der Waals surface area contributed by atoms with Crippen LogP contribution in [0.15, 0.2) is 23.8 Å². The van der Waals surface area contributed by atoms with Crippen molar-refractivity contribution in [3.63, 3.8) is 0 Å². The van der Waals surface area contributed by atoms with E-state index in [1.165, 1.54) is 0 Å². The van der Waals surface area contributed by atoms with E-state index in [0.29, 0.717) is 23.6 Å². The normalized spacial score (nSPS) is 19.3. The molecule has 1 saturated heterocycles. The first-order chi connectivity index (χ1) is 9.15. The molecule has 19 heavy (non-hydrogen) atoms. The highest BCUT2D eigenvalue weighted by atomic mass is 16.7. The van der Waals surface area contributed by atoms with Crippen LogP contribution in [0.4, 0.5) is 0 Å². The van der Waals surface area contributed by atoms with Crippen LogP contribution < -0.4 is 20.6 Å². The second-order valence-electron chi connectivity index (χ2n) is 4.14. The van der Waals surface area contributed by atoms with Crippen LogP contribution in [0.5, 0.6) is 11.5 Å². The van der Waals surface area contributed by atoms with Crippen molar-refractivity contribution >= 4 is 17.9 Å². The predicted molar refractivity (Wildman–Crippen MR) is 67.3 cm³/mol. The summed E-state index contributed by atoms with van der Waals surface area (Å²) in [6, 6.07) is 5.44. The maximum Gasteiger partial charge on any atom is 0.272 e. The molecule has 1 fully saturated rings. The summed E-state index contributed by atoms with van der Waals surface area (Å²) in [5, 5.41) is 8.26. The van der Waals surface area contributed by atoms with E-state index in [-0.39, 0.29) is 18.7 Å². The number of hydrogen-bond donors (Lipinski definition) is 3. The number of carbonyl (C=O) groups excluding carboxylic acids is 1. The lowest BCUT2D eigenvalue weighted by atomic mass is 10.1.